The Morgan fingerprint density at radius 1 is 1.16 bits per heavy atom. The number of carbonyl (C=O) groups is 1. The zero-order valence-electron chi connectivity index (χ0n) is 24.1. The van der Waals surface area contributed by atoms with Gasteiger partial charge in [-0.1, -0.05) is 13.8 Å². The molecule has 3 aromatic rings. The summed E-state index contributed by atoms with van der Waals surface area (Å²) in [4.78, 5) is 42.4. The molecule has 0 spiro atoms. The molecule has 0 radical (unpaired) electrons. The summed E-state index contributed by atoms with van der Waals surface area (Å²) < 4.78 is 18.7. The van der Waals surface area contributed by atoms with E-state index in [9.17, 15) is 20.0 Å². The third-order valence-corrected chi connectivity index (χ3v) is 10.6. The van der Waals surface area contributed by atoms with Gasteiger partial charge in [0.25, 0.3) is 0 Å². The minimum absolute atomic E-state index is 0.0559. The highest BCUT2D eigenvalue weighted by atomic mass is 17.2. The molecule has 1 saturated heterocycles. The van der Waals surface area contributed by atoms with E-state index in [1.165, 1.54) is 0 Å². The van der Waals surface area contributed by atoms with E-state index in [1.54, 1.807) is 54.9 Å². The number of hydrogen-bond donors (Lipinski definition) is 1. The first-order valence-electron chi connectivity index (χ1n) is 14.5. The highest BCUT2D eigenvalue weighted by Crippen LogP contribution is 2.68. The van der Waals surface area contributed by atoms with Crippen LogP contribution in [0.25, 0.3) is 11.3 Å². The van der Waals surface area contributed by atoms with Crippen LogP contribution in [0, 0.1) is 34.0 Å². The van der Waals surface area contributed by atoms with Crippen molar-refractivity contribution in [1.29, 1.82) is 5.26 Å². The average molecular weight is 585 g/mol. The molecule has 3 unspecified atom stereocenters. The first-order valence-corrected chi connectivity index (χ1v) is 14.5. The van der Waals surface area contributed by atoms with Crippen molar-refractivity contribution in [2.45, 2.75) is 63.9 Å². The second-order valence-electron chi connectivity index (χ2n) is 12.9. The molecule has 1 aromatic carbocycles. The Labute approximate surface area is 248 Å². The predicted molar refractivity (Wildman–Crippen MR) is 150 cm³/mol. The van der Waals surface area contributed by atoms with Gasteiger partial charge < -0.3 is 19.0 Å². The molecule has 10 nitrogen and oxygen atoms in total. The fourth-order valence-corrected chi connectivity index (χ4v) is 8.47. The van der Waals surface area contributed by atoms with Gasteiger partial charge in [0.15, 0.2) is 0 Å². The average Bonchev–Trinajstić information content (AvgIpc) is 3.39. The summed E-state index contributed by atoms with van der Waals surface area (Å²) >= 11 is 0. The third-order valence-electron chi connectivity index (χ3n) is 10.6. The van der Waals surface area contributed by atoms with Crippen LogP contribution in [0.5, 0.6) is 5.75 Å². The van der Waals surface area contributed by atoms with E-state index in [2.05, 4.69) is 24.9 Å². The summed E-state index contributed by atoms with van der Waals surface area (Å²) in [5, 5.41) is 21.3. The van der Waals surface area contributed by atoms with E-state index >= 15 is 0 Å². The molecule has 3 fully saturated rings. The molecule has 0 amide bonds. The number of ether oxygens (including phenoxy) is 2. The topological polar surface area (TPSA) is 141 Å². The van der Waals surface area contributed by atoms with Crippen LogP contribution in [-0.4, -0.2) is 40.5 Å². The van der Waals surface area contributed by atoms with Gasteiger partial charge in [0.1, 0.15) is 34.9 Å². The molecule has 222 valence electrons. The number of esters is 1. The molecule has 4 aliphatic rings. The molecule has 2 aliphatic carbocycles. The molecule has 7 rings (SSSR count). The van der Waals surface area contributed by atoms with Crippen LogP contribution in [0.2, 0.25) is 0 Å². The maximum Gasteiger partial charge on any atom is 0.345 e. The fourth-order valence-electron chi connectivity index (χ4n) is 8.47. The van der Waals surface area contributed by atoms with Crippen LogP contribution in [0.4, 0.5) is 0 Å². The maximum absolute atomic E-state index is 13.6. The minimum atomic E-state index is -1.25. The molecular weight excluding hydrogens is 552 g/mol. The monoisotopic (exact) mass is 584 g/mol. The lowest BCUT2D eigenvalue weighted by Gasteiger charge is -2.65. The standard InChI is InChI=1S/C33H32N2O8/c1-31-11-10-24-32(2,17-39-43-24)23(31)14-25(41-29(37)19-8-6-18(15-34)7-9-19)33(3)28(31)27(36)26-22(42-33)13-21(40-30(26)38)20-5-4-12-35-16-20/h4-9,12-13,16,23-25,27-28,36H,10-11,14,17H2,1-3H3/t23?,24-,25-,27?,28?,31-,32-,33+/m0/s1. The van der Waals surface area contributed by atoms with Crippen LogP contribution in [0.1, 0.15) is 67.6 Å². The van der Waals surface area contributed by atoms with Gasteiger partial charge in [0, 0.05) is 35.4 Å². The zero-order valence-corrected chi connectivity index (χ0v) is 24.1. The van der Waals surface area contributed by atoms with Gasteiger partial charge in [-0.3, -0.25) is 4.98 Å². The second-order valence-corrected chi connectivity index (χ2v) is 12.9. The van der Waals surface area contributed by atoms with Gasteiger partial charge in [-0.2, -0.15) is 5.26 Å². The lowest BCUT2D eigenvalue weighted by atomic mass is 9.43. The van der Waals surface area contributed by atoms with E-state index in [1.807, 2.05) is 6.92 Å². The molecule has 1 N–H and O–H groups in total. The SMILES string of the molecule is C[C@]12CC[C@@H]3OOC[C@@]3(C)C1C[C@H](OC(=O)c1ccc(C#N)cc1)[C@@]1(C)Oc3cc(-c4cccnc4)oc(=O)c3C(O)C21. The summed E-state index contributed by atoms with van der Waals surface area (Å²) in [5.74, 6) is -0.849. The number of nitriles is 1. The van der Waals surface area contributed by atoms with Crippen LogP contribution in [-0.2, 0) is 14.5 Å². The fraction of sp³-hybridized carbons (Fsp3) is 0.455. The van der Waals surface area contributed by atoms with Gasteiger partial charge >= 0.3 is 11.6 Å². The number of aliphatic hydroxyl groups excluding tert-OH is 1. The number of benzene rings is 1. The number of hydrogen-bond acceptors (Lipinski definition) is 10. The molecule has 0 bridgehead atoms. The van der Waals surface area contributed by atoms with E-state index in [4.69, 9.17) is 23.7 Å². The minimum Gasteiger partial charge on any atom is -0.482 e. The predicted octanol–water partition coefficient (Wildman–Crippen LogP) is 4.76. The normalized spacial score (nSPS) is 35.7. The molecular formula is C33H32N2O8. The smallest absolute Gasteiger partial charge is 0.345 e. The number of aliphatic hydroxyl groups is 1. The van der Waals surface area contributed by atoms with Crippen molar-refractivity contribution in [1.82, 2.24) is 4.98 Å². The van der Waals surface area contributed by atoms with Crippen molar-refractivity contribution >= 4 is 5.97 Å². The number of carbonyl (C=O) groups excluding carboxylic acids is 1. The third kappa shape index (κ3) is 4.06. The van der Waals surface area contributed by atoms with Crippen LogP contribution >= 0.6 is 0 Å². The Hall–Kier alpha value is -4.04. The summed E-state index contributed by atoms with van der Waals surface area (Å²) in [6, 6.07) is 13.4. The first kappa shape index (κ1) is 27.8. The van der Waals surface area contributed by atoms with Crippen molar-refractivity contribution in [3.63, 3.8) is 0 Å². The van der Waals surface area contributed by atoms with Crippen LogP contribution in [0.3, 0.4) is 0 Å². The van der Waals surface area contributed by atoms with E-state index in [0.717, 1.165) is 0 Å². The van der Waals surface area contributed by atoms with E-state index in [-0.39, 0.29) is 29.1 Å². The van der Waals surface area contributed by atoms with Gasteiger partial charge in [0.05, 0.1) is 29.9 Å². The Morgan fingerprint density at radius 2 is 1.95 bits per heavy atom. The molecule has 2 aromatic heterocycles. The van der Waals surface area contributed by atoms with E-state index < -0.39 is 46.2 Å². The Morgan fingerprint density at radius 3 is 2.67 bits per heavy atom. The van der Waals surface area contributed by atoms with Crippen LogP contribution in [0.15, 0.2) is 64.1 Å². The molecule has 4 heterocycles. The van der Waals surface area contributed by atoms with Crippen molar-refractivity contribution in [2.24, 2.45) is 22.7 Å². The van der Waals surface area contributed by atoms with Crippen LogP contribution < -0.4 is 10.4 Å². The number of pyridine rings is 1. The lowest BCUT2D eigenvalue weighted by molar-refractivity contribution is -0.287. The molecule has 10 heteroatoms. The van der Waals surface area contributed by atoms with Gasteiger partial charge in [-0.05, 0) is 73.9 Å². The highest BCUT2D eigenvalue weighted by molar-refractivity contribution is 5.89. The van der Waals surface area contributed by atoms with E-state index in [0.29, 0.717) is 42.6 Å². The van der Waals surface area contributed by atoms with Gasteiger partial charge in [0.2, 0.25) is 0 Å². The summed E-state index contributed by atoms with van der Waals surface area (Å²) in [6.07, 6.45) is 2.83. The van der Waals surface area contributed by atoms with Crippen molar-refractivity contribution in [3.05, 3.63) is 82.0 Å². The number of fused-ring (bicyclic) bond motifs is 6. The summed E-state index contributed by atoms with van der Waals surface area (Å²) in [6.45, 7) is 6.47. The molecule has 43 heavy (non-hydrogen) atoms. The quantitative estimate of drug-likeness (QED) is 0.338. The number of nitrogens with zero attached hydrogens (tertiary/aromatic N) is 2. The summed E-state index contributed by atoms with van der Waals surface area (Å²) in [5.41, 5.74) is -1.47. The molecule has 8 atom stereocenters. The highest BCUT2D eigenvalue weighted by Gasteiger charge is 2.71. The zero-order chi connectivity index (χ0) is 30.1. The summed E-state index contributed by atoms with van der Waals surface area (Å²) in [7, 11) is 0. The first-order chi connectivity index (χ1) is 20.6. The maximum atomic E-state index is 13.6. The van der Waals surface area contributed by atoms with Crippen molar-refractivity contribution < 1.29 is 33.6 Å². The Balaban J connectivity index is 1.35. The Kier molecular flexibility index (Phi) is 6.29. The van der Waals surface area contributed by atoms with Crippen molar-refractivity contribution in [3.8, 4) is 23.1 Å². The Bertz CT molecular complexity index is 1680. The largest absolute Gasteiger partial charge is 0.482 e. The second kappa shape index (κ2) is 9.74. The molecule has 2 aliphatic heterocycles. The number of rotatable bonds is 3. The molecule has 2 saturated carbocycles. The van der Waals surface area contributed by atoms with Gasteiger partial charge in [-0.25, -0.2) is 19.4 Å². The number of aromatic nitrogens is 1. The van der Waals surface area contributed by atoms with Crippen molar-refractivity contribution in [2.75, 3.05) is 6.61 Å². The lowest BCUT2D eigenvalue weighted by Crippen LogP contribution is -2.70. The van der Waals surface area contributed by atoms with Gasteiger partial charge in [-0.15, -0.1) is 0 Å².